The Morgan fingerprint density at radius 1 is 0.286 bits per heavy atom. The summed E-state index contributed by atoms with van der Waals surface area (Å²) in [7, 11) is 0. The number of nitriles is 2. The topological polar surface area (TPSA) is 57.3 Å². The molecule has 0 aromatic heterocycles. The minimum atomic E-state index is 0.623. The van der Waals surface area contributed by atoms with Gasteiger partial charge in [-0.3, -0.25) is 0 Å². The van der Waals surface area contributed by atoms with Crippen molar-refractivity contribution in [3.63, 3.8) is 0 Å². The van der Waals surface area contributed by atoms with E-state index in [2.05, 4.69) is 204 Å². The molecule has 0 saturated carbocycles. The van der Waals surface area contributed by atoms with Crippen molar-refractivity contribution in [1.29, 1.82) is 10.5 Å². The normalized spacial score (nSPS) is 10.7. The number of hydrogen-bond acceptors (Lipinski definition) is 5. The van der Waals surface area contributed by atoms with Crippen molar-refractivity contribution in [2.24, 2.45) is 0 Å². The van der Waals surface area contributed by atoms with Crippen molar-refractivity contribution in [2.45, 2.75) is 13.8 Å². The van der Waals surface area contributed by atoms with Gasteiger partial charge in [0, 0.05) is 51.2 Å². The van der Waals surface area contributed by atoms with Gasteiger partial charge in [0.25, 0.3) is 0 Å². The number of nitrogens with zero attached hydrogens (tertiary/aromatic N) is 5. The monoisotopic (exact) mass is 809 g/mol. The summed E-state index contributed by atoms with van der Waals surface area (Å²) in [4.78, 5) is 6.85. The SMILES string of the molecule is Cc1cc(C#N)ccc1-c1cc(-c2ccc(C#N)cc2C)cc(N(c2ccc(N(c3ccccc3)c3ccccc3)cc2)c2ccc(N(c3ccccc3)c3ccccc3)cc2)c1. The Balaban J connectivity index is 1.23. The Bertz CT molecular complexity index is 2790. The van der Waals surface area contributed by atoms with Crippen molar-refractivity contribution in [2.75, 3.05) is 14.7 Å². The van der Waals surface area contributed by atoms with E-state index in [-0.39, 0.29) is 0 Å². The van der Waals surface area contributed by atoms with Gasteiger partial charge < -0.3 is 14.7 Å². The van der Waals surface area contributed by atoms with E-state index in [0.717, 1.165) is 84.6 Å². The van der Waals surface area contributed by atoms with Crippen molar-refractivity contribution >= 4 is 51.2 Å². The Hall–Kier alpha value is -8.64. The Kier molecular flexibility index (Phi) is 11.3. The van der Waals surface area contributed by atoms with Gasteiger partial charge in [-0.1, -0.05) is 84.9 Å². The summed E-state index contributed by atoms with van der Waals surface area (Å²) in [5.74, 6) is 0. The molecule has 9 rings (SSSR count). The summed E-state index contributed by atoms with van der Waals surface area (Å²) < 4.78 is 0. The average molecular weight is 810 g/mol. The highest BCUT2D eigenvalue weighted by molar-refractivity contribution is 5.88. The fourth-order valence-corrected chi connectivity index (χ4v) is 8.32. The summed E-state index contributed by atoms with van der Waals surface area (Å²) in [6.45, 7) is 4.11. The lowest BCUT2D eigenvalue weighted by Crippen LogP contribution is -2.13. The highest BCUT2D eigenvalue weighted by atomic mass is 15.2. The first-order chi connectivity index (χ1) is 31.0. The maximum atomic E-state index is 9.74. The molecule has 0 N–H and O–H groups in total. The van der Waals surface area contributed by atoms with Crippen LogP contribution in [0, 0.1) is 36.5 Å². The quantitative estimate of drug-likeness (QED) is 0.130. The summed E-state index contributed by atoms with van der Waals surface area (Å²) in [5, 5.41) is 19.5. The number of hydrogen-bond donors (Lipinski definition) is 0. The molecule has 0 aliphatic carbocycles. The fraction of sp³-hybridized carbons (Fsp3) is 0.0345. The van der Waals surface area contributed by atoms with E-state index in [1.165, 1.54) is 0 Å². The van der Waals surface area contributed by atoms with E-state index < -0.39 is 0 Å². The number of anilines is 9. The van der Waals surface area contributed by atoms with E-state index >= 15 is 0 Å². The largest absolute Gasteiger partial charge is 0.311 e. The predicted octanol–water partition coefficient (Wildman–Crippen LogP) is 15.8. The Morgan fingerprint density at radius 2 is 0.556 bits per heavy atom. The average Bonchev–Trinajstić information content (AvgIpc) is 3.34. The molecular formula is C58H43N5. The highest BCUT2D eigenvalue weighted by Gasteiger charge is 2.20. The summed E-state index contributed by atoms with van der Waals surface area (Å²) in [6.07, 6.45) is 0. The number of para-hydroxylation sites is 4. The smallest absolute Gasteiger partial charge is 0.0991 e. The van der Waals surface area contributed by atoms with Gasteiger partial charge in [-0.2, -0.15) is 10.5 Å². The molecule has 0 bridgehead atoms. The molecule has 0 unspecified atom stereocenters. The molecule has 0 aliphatic heterocycles. The summed E-state index contributed by atoms with van der Waals surface area (Å²) in [5.41, 5.74) is 16.6. The lowest BCUT2D eigenvalue weighted by Gasteiger charge is -2.30. The zero-order valence-electron chi connectivity index (χ0n) is 35.1. The van der Waals surface area contributed by atoms with Gasteiger partial charge in [0.15, 0.2) is 0 Å². The van der Waals surface area contributed by atoms with Crippen LogP contribution in [0.15, 0.2) is 224 Å². The molecule has 9 aromatic carbocycles. The van der Waals surface area contributed by atoms with Crippen molar-refractivity contribution in [3.05, 3.63) is 247 Å². The molecule has 63 heavy (non-hydrogen) atoms. The van der Waals surface area contributed by atoms with Crippen LogP contribution in [0.2, 0.25) is 0 Å². The second kappa shape index (κ2) is 17.9. The van der Waals surface area contributed by atoms with Crippen LogP contribution in [0.3, 0.4) is 0 Å². The Labute approximate surface area is 369 Å². The number of rotatable bonds is 11. The van der Waals surface area contributed by atoms with E-state index in [1.54, 1.807) is 0 Å². The molecule has 0 amide bonds. The molecular weight excluding hydrogens is 767 g/mol. The van der Waals surface area contributed by atoms with Crippen molar-refractivity contribution in [1.82, 2.24) is 0 Å². The molecule has 5 nitrogen and oxygen atoms in total. The van der Waals surface area contributed by atoms with Crippen LogP contribution in [0.5, 0.6) is 0 Å². The van der Waals surface area contributed by atoms with Crippen LogP contribution in [0.25, 0.3) is 22.3 Å². The molecule has 300 valence electrons. The standard InChI is InChI=1S/C58H43N5/c1-42-35-44(40-59)23-33-57(42)46-37-47(58-34-24-45(41-60)36-43(58)2)39-56(38-46)63(54-29-25-52(26-30-54)61(48-15-7-3-8-16-48)49-17-9-4-10-18-49)55-31-27-53(28-32-55)62(50-19-11-5-12-20-50)51-21-13-6-14-22-51/h3-39H,1-2H3. The molecule has 0 aliphatic rings. The van der Waals surface area contributed by atoms with Gasteiger partial charge in [0.1, 0.15) is 0 Å². The summed E-state index contributed by atoms with van der Waals surface area (Å²) >= 11 is 0. The van der Waals surface area contributed by atoms with E-state index in [4.69, 9.17) is 0 Å². The van der Waals surface area contributed by atoms with Crippen molar-refractivity contribution < 1.29 is 0 Å². The first-order valence-corrected chi connectivity index (χ1v) is 21.0. The fourth-order valence-electron chi connectivity index (χ4n) is 8.32. The molecule has 5 heteroatoms. The molecule has 0 spiro atoms. The second-order valence-corrected chi connectivity index (χ2v) is 15.4. The summed E-state index contributed by atoms with van der Waals surface area (Å²) in [6, 6.07) is 82.3. The van der Waals surface area contributed by atoms with Crippen LogP contribution >= 0.6 is 0 Å². The van der Waals surface area contributed by atoms with Crippen LogP contribution in [-0.4, -0.2) is 0 Å². The second-order valence-electron chi connectivity index (χ2n) is 15.4. The number of aryl methyl sites for hydroxylation is 2. The highest BCUT2D eigenvalue weighted by Crippen LogP contribution is 2.44. The van der Waals surface area contributed by atoms with Gasteiger partial charge in [-0.25, -0.2) is 0 Å². The molecule has 0 radical (unpaired) electrons. The Morgan fingerprint density at radius 3 is 0.825 bits per heavy atom. The van der Waals surface area contributed by atoms with E-state index in [0.29, 0.717) is 11.1 Å². The van der Waals surface area contributed by atoms with Gasteiger partial charge in [-0.15, -0.1) is 0 Å². The zero-order valence-corrected chi connectivity index (χ0v) is 35.1. The predicted molar refractivity (Wildman–Crippen MR) is 260 cm³/mol. The van der Waals surface area contributed by atoms with Gasteiger partial charge >= 0.3 is 0 Å². The lowest BCUT2D eigenvalue weighted by molar-refractivity contribution is 1.24. The van der Waals surface area contributed by atoms with E-state index in [9.17, 15) is 10.5 Å². The molecule has 0 fully saturated rings. The first-order valence-electron chi connectivity index (χ1n) is 21.0. The van der Waals surface area contributed by atoms with Gasteiger partial charge in [0.05, 0.1) is 23.3 Å². The first kappa shape index (κ1) is 39.8. The maximum Gasteiger partial charge on any atom is 0.0991 e. The lowest BCUT2D eigenvalue weighted by atomic mass is 9.92. The minimum Gasteiger partial charge on any atom is -0.311 e. The third-order valence-corrected chi connectivity index (χ3v) is 11.3. The minimum absolute atomic E-state index is 0.623. The van der Waals surface area contributed by atoms with Crippen LogP contribution in [0.1, 0.15) is 22.3 Å². The van der Waals surface area contributed by atoms with Gasteiger partial charge in [0.2, 0.25) is 0 Å². The molecule has 0 atom stereocenters. The number of benzene rings is 9. The molecule has 0 heterocycles. The van der Waals surface area contributed by atoms with Gasteiger partial charge in [-0.05, 0) is 187 Å². The molecule has 9 aromatic rings. The van der Waals surface area contributed by atoms with Crippen molar-refractivity contribution in [3.8, 4) is 34.4 Å². The van der Waals surface area contributed by atoms with Crippen LogP contribution < -0.4 is 14.7 Å². The van der Waals surface area contributed by atoms with E-state index in [1.807, 2.05) is 60.7 Å². The van der Waals surface area contributed by atoms with Crippen LogP contribution in [-0.2, 0) is 0 Å². The zero-order chi connectivity index (χ0) is 43.1. The molecule has 0 saturated heterocycles. The third kappa shape index (κ3) is 8.41. The third-order valence-electron chi connectivity index (χ3n) is 11.3. The van der Waals surface area contributed by atoms with Crippen LogP contribution in [0.4, 0.5) is 51.2 Å². The maximum absolute atomic E-state index is 9.74.